The highest BCUT2D eigenvalue weighted by atomic mass is 35.5. The minimum Gasteiger partial charge on any atom is -0.314 e. The zero-order chi connectivity index (χ0) is 14.0. The average molecular weight is 366 g/mol. The largest absolute Gasteiger partial charge is 0.408 e. The predicted molar refractivity (Wildman–Crippen MR) is 83.9 cm³/mol. The summed E-state index contributed by atoms with van der Waals surface area (Å²) in [6.07, 6.45) is -4.33. The summed E-state index contributed by atoms with van der Waals surface area (Å²) in [5, 5.41) is 3.24. The molecule has 1 fully saturated rings. The molecule has 1 saturated heterocycles. The number of rotatable bonds is 2. The fraction of sp³-hybridized carbons (Fsp3) is 0.538. The summed E-state index contributed by atoms with van der Waals surface area (Å²) >= 11 is 6.01. The van der Waals surface area contributed by atoms with Crippen LogP contribution in [0.5, 0.6) is 0 Å². The Labute approximate surface area is 139 Å². The number of aryl methyl sites for hydroxylation is 1. The van der Waals surface area contributed by atoms with Crippen LogP contribution in [0.2, 0.25) is 5.02 Å². The molecule has 0 aliphatic carbocycles. The molecule has 0 aromatic heterocycles. The van der Waals surface area contributed by atoms with Crippen molar-refractivity contribution in [2.24, 2.45) is 0 Å². The molecule has 1 aliphatic rings. The summed E-state index contributed by atoms with van der Waals surface area (Å²) in [6, 6.07) is 3.24. The molecule has 1 aromatic rings. The number of nitrogens with zero attached hydrogens (tertiary/aromatic N) is 1. The third kappa shape index (κ3) is 4.89. The zero-order valence-electron chi connectivity index (χ0n) is 11.4. The maximum atomic E-state index is 13.4. The van der Waals surface area contributed by atoms with E-state index in [-0.39, 0.29) is 35.4 Å². The Morgan fingerprint density at radius 3 is 2.24 bits per heavy atom. The van der Waals surface area contributed by atoms with Crippen LogP contribution in [0.3, 0.4) is 0 Å². The van der Waals surface area contributed by atoms with E-state index in [1.165, 1.54) is 11.0 Å². The summed E-state index contributed by atoms with van der Waals surface area (Å²) in [5.74, 6) is 0. The highest BCUT2D eigenvalue weighted by molar-refractivity contribution is 6.31. The van der Waals surface area contributed by atoms with Gasteiger partial charge in [-0.25, -0.2) is 0 Å². The monoisotopic (exact) mass is 364 g/mol. The van der Waals surface area contributed by atoms with Gasteiger partial charge in [-0.05, 0) is 24.1 Å². The summed E-state index contributed by atoms with van der Waals surface area (Å²) in [5.41, 5.74) is 0.756. The molecule has 0 bridgehead atoms. The number of benzene rings is 1. The second-order valence-corrected chi connectivity index (χ2v) is 5.11. The Balaban J connectivity index is 0.00000200. The number of hydrogen-bond donors (Lipinski definition) is 1. The Bertz CT molecular complexity index is 429. The SMILES string of the molecule is Cc1cccc(Cl)c1[C@H](N1CCNCC1)C(F)(F)F.Cl.Cl. The summed E-state index contributed by atoms with van der Waals surface area (Å²) in [7, 11) is 0. The van der Waals surface area contributed by atoms with E-state index in [9.17, 15) is 13.2 Å². The topological polar surface area (TPSA) is 15.3 Å². The van der Waals surface area contributed by atoms with Crippen LogP contribution < -0.4 is 5.32 Å². The standard InChI is InChI=1S/C13H16ClF3N2.2ClH/c1-9-3-2-4-10(14)11(9)12(13(15,16)17)19-7-5-18-6-8-19;;/h2-4,12,18H,5-8H2,1H3;2*1H/t12-;;/m0../s1. The highest BCUT2D eigenvalue weighted by Crippen LogP contribution is 2.41. The maximum Gasteiger partial charge on any atom is 0.408 e. The van der Waals surface area contributed by atoms with Crippen molar-refractivity contribution in [3.05, 3.63) is 34.3 Å². The van der Waals surface area contributed by atoms with E-state index in [1.54, 1.807) is 19.1 Å². The van der Waals surface area contributed by atoms with Crippen LogP contribution in [-0.4, -0.2) is 37.3 Å². The third-order valence-corrected chi connectivity index (χ3v) is 3.70. The van der Waals surface area contributed by atoms with Gasteiger partial charge in [-0.15, -0.1) is 24.8 Å². The highest BCUT2D eigenvalue weighted by Gasteiger charge is 2.46. The lowest BCUT2D eigenvalue weighted by atomic mass is 9.98. The number of piperazine rings is 1. The van der Waals surface area contributed by atoms with Crippen LogP contribution in [0.25, 0.3) is 0 Å². The second kappa shape index (κ2) is 8.44. The smallest absolute Gasteiger partial charge is 0.314 e. The lowest BCUT2D eigenvalue weighted by Crippen LogP contribution is -2.49. The average Bonchev–Trinajstić information content (AvgIpc) is 2.33. The van der Waals surface area contributed by atoms with Crippen molar-refractivity contribution in [1.82, 2.24) is 10.2 Å². The molecule has 122 valence electrons. The van der Waals surface area contributed by atoms with Crippen molar-refractivity contribution in [2.75, 3.05) is 26.2 Å². The van der Waals surface area contributed by atoms with E-state index in [1.807, 2.05) is 0 Å². The van der Waals surface area contributed by atoms with E-state index < -0.39 is 12.2 Å². The Morgan fingerprint density at radius 2 is 1.76 bits per heavy atom. The first-order valence-electron chi connectivity index (χ1n) is 6.18. The Kier molecular flexibility index (Phi) is 8.36. The molecule has 0 amide bonds. The number of hydrogen-bond acceptors (Lipinski definition) is 2. The summed E-state index contributed by atoms with van der Waals surface area (Å²) in [4.78, 5) is 1.45. The minimum atomic E-state index is -4.33. The van der Waals surface area contributed by atoms with E-state index in [4.69, 9.17) is 11.6 Å². The van der Waals surface area contributed by atoms with Crippen LogP contribution in [0, 0.1) is 6.92 Å². The fourth-order valence-corrected chi connectivity index (χ4v) is 2.81. The molecule has 1 aromatic carbocycles. The predicted octanol–water partition coefficient (Wildman–Crippen LogP) is 4.00. The van der Waals surface area contributed by atoms with E-state index in [2.05, 4.69) is 5.32 Å². The van der Waals surface area contributed by atoms with E-state index >= 15 is 0 Å². The van der Waals surface area contributed by atoms with Gasteiger partial charge < -0.3 is 5.32 Å². The molecule has 8 heteroatoms. The molecule has 1 atom stereocenters. The Morgan fingerprint density at radius 1 is 1.19 bits per heavy atom. The van der Waals surface area contributed by atoms with Crippen molar-refractivity contribution in [3.8, 4) is 0 Å². The maximum absolute atomic E-state index is 13.4. The van der Waals surface area contributed by atoms with Crippen LogP contribution in [-0.2, 0) is 0 Å². The molecule has 0 radical (unpaired) electrons. The minimum absolute atomic E-state index is 0. The number of halogens is 6. The van der Waals surface area contributed by atoms with Gasteiger partial charge in [0.2, 0.25) is 0 Å². The molecule has 21 heavy (non-hydrogen) atoms. The number of nitrogens with one attached hydrogen (secondary N) is 1. The summed E-state index contributed by atoms with van der Waals surface area (Å²) < 4.78 is 40.3. The quantitative estimate of drug-likeness (QED) is 0.852. The van der Waals surface area contributed by atoms with Crippen molar-refractivity contribution in [2.45, 2.75) is 19.1 Å². The van der Waals surface area contributed by atoms with Gasteiger partial charge in [-0.1, -0.05) is 23.7 Å². The third-order valence-electron chi connectivity index (χ3n) is 3.37. The fourth-order valence-electron chi connectivity index (χ4n) is 2.48. The van der Waals surface area contributed by atoms with Gasteiger partial charge in [0.15, 0.2) is 0 Å². The molecule has 2 nitrogen and oxygen atoms in total. The van der Waals surface area contributed by atoms with Crippen molar-refractivity contribution < 1.29 is 13.2 Å². The molecule has 0 spiro atoms. The second-order valence-electron chi connectivity index (χ2n) is 4.70. The molecule has 1 heterocycles. The van der Waals surface area contributed by atoms with Gasteiger partial charge >= 0.3 is 6.18 Å². The van der Waals surface area contributed by atoms with E-state index in [0.29, 0.717) is 31.7 Å². The van der Waals surface area contributed by atoms with Crippen LogP contribution in [0.1, 0.15) is 17.2 Å². The van der Waals surface area contributed by atoms with Gasteiger partial charge in [0.05, 0.1) is 0 Å². The van der Waals surface area contributed by atoms with E-state index in [0.717, 1.165) is 0 Å². The van der Waals surface area contributed by atoms with Gasteiger partial charge in [-0.2, -0.15) is 13.2 Å². The zero-order valence-corrected chi connectivity index (χ0v) is 13.8. The van der Waals surface area contributed by atoms with Crippen molar-refractivity contribution in [3.63, 3.8) is 0 Å². The first-order valence-corrected chi connectivity index (χ1v) is 6.55. The van der Waals surface area contributed by atoms with Crippen LogP contribution >= 0.6 is 36.4 Å². The molecule has 2 rings (SSSR count). The molecular formula is C13H18Cl3F3N2. The molecule has 0 saturated carbocycles. The Hall–Kier alpha value is -0.200. The molecular weight excluding hydrogens is 348 g/mol. The molecule has 1 N–H and O–H groups in total. The van der Waals surface area contributed by atoms with Gasteiger partial charge in [0.1, 0.15) is 6.04 Å². The normalized spacial score (nSPS) is 17.6. The first-order chi connectivity index (χ1) is 8.91. The lowest BCUT2D eigenvalue weighted by molar-refractivity contribution is -0.188. The number of alkyl halides is 3. The lowest BCUT2D eigenvalue weighted by Gasteiger charge is -2.37. The van der Waals surface area contributed by atoms with Gasteiger partial charge in [0, 0.05) is 31.2 Å². The van der Waals surface area contributed by atoms with Gasteiger partial charge in [0.25, 0.3) is 0 Å². The van der Waals surface area contributed by atoms with Gasteiger partial charge in [-0.3, -0.25) is 4.90 Å². The van der Waals surface area contributed by atoms with Crippen LogP contribution in [0.4, 0.5) is 13.2 Å². The van der Waals surface area contributed by atoms with Crippen molar-refractivity contribution in [1.29, 1.82) is 0 Å². The molecule has 1 aliphatic heterocycles. The van der Waals surface area contributed by atoms with Crippen molar-refractivity contribution >= 4 is 36.4 Å². The molecule has 0 unspecified atom stereocenters. The van der Waals surface area contributed by atoms with Crippen LogP contribution in [0.15, 0.2) is 18.2 Å². The summed E-state index contributed by atoms with van der Waals surface area (Å²) in [6.45, 7) is 3.54. The first kappa shape index (κ1) is 20.8.